The minimum Gasteiger partial charge on any atom is -0.493 e. The first-order valence-corrected chi connectivity index (χ1v) is 7.95. The lowest BCUT2D eigenvalue weighted by molar-refractivity contribution is 0.0950. The molecule has 1 N–H and O–H groups in total. The third-order valence-corrected chi connectivity index (χ3v) is 3.89. The Morgan fingerprint density at radius 1 is 1.29 bits per heavy atom. The molecule has 1 amide bonds. The molecule has 7 heteroatoms. The Balaban J connectivity index is 2.15. The number of halogens is 3. The highest BCUT2D eigenvalue weighted by Crippen LogP contribution is 2.36. The predicted molar refractivity (Wildman–Crippen MR) is 91.8 cm³/mol. The minimum atomic E-state index is -0.643. The first-order chi connectivity index (χ1) is 11.5. The lowest BCUT2D eigenvalue weighted by Gasteiger charge is -2.14. The second kappa shape index (κ2) is 8.22. The van der Waals surface area contributed by atoms with E-state index in [-0.39, 0.29) is 17.1 Å². The Hall–Kier alpha value is -1.98. The summed E-state index contributed by atoms with van der Waals surface area (Å²) < 4.78 is 24.1. The molecule has 0 aliphatic heterocycles. The van der Waals surface area contributed by atoms with Crippen molar-refractivity contribution in [3.05, 3.63) is 57.3 Å². The van der Waals surface area contributed by atoms with Gasteiger partial charge in [-0.05, 0) is 36.8 Å². The molecule has 0 saturated carbocycles. The topological polar surface area (TPSA) is 47.6 Å². The van der Waals surface area contributed by atoms with Crippen LogP contribution in [0.2, 0.25) is 10.0 Å². The number of nitrogens with one attached hydrogen (secondary N) is 1. The molecule has 0 bridgehead atoms. The third-order valence-electron chi connectivity index (χ3n) is 3.23. The molecule has 0 aromatic heterocycles. The van der Waals surface area contributed by atoms with Crippen molar-refractivity contribution in [2.75, 3.05) is 13.7 Å². The average molecular weight is 372 g/mol. The van der Waals surface area contributed by atoms with Crippen molar-refractivity contribution < 1.29 is 18.7 Å². The normalized spacial score (nSPS) is 10.4. The summed E-state index contributed by atoms with van der Waals surface area (Å²) in [7, 11) is 1.50. The number of benzene rings is 2. The Morgan fingerprint density at radius 2 is 2.04 bits per heavy atom. The summed E-state index contributed by atoms with van der Waals surface area (Å²) in [5.41, 5.74) is 0.779. The van der Waals surface area contributed by atoms with Crippen LogP contribution in [0.1, 0.15) is 22.8 Å². The third kappa shape index (κ3) is 4.10. The van der Waals surface area contributed by atoms with Gasteiger partial charge in [0.15, 0.2) is 11.5 Å². The van der Waals surface area contributed by atoms with E-state index < -0.39 is 11.7 Å². The van der Waals surface area contributed by atoms with Crippen molar-refractivity contribution in [1.29, 1.82) is 0 Å². The molecule has 0 unspecified atom stereocenters. The van der Waals surface area contributed by atoms with E-state index in [4.69, 9.17) is 32.7 Å². The van der Waals surface area contributed by atoms with Gasteiger partial charge in [0.05, 0.1) is 29.3 Å². The molecule has 0 fully saturated rings. The van der Waals surface area contributed by atoms with Gasteiger partial charge in [-0.3, -0.25) is 4.79 Å². The van der Waals surface area contributed by atoms with Crippen LogP contribution in [0.15, 0.2) is 30.3 Å². The van der Waals surface area contributed by atoms with Crippen LogP contribution in [0.5, 0.6) is 11.5 Å². The fourth-order valence-electron chi connectivity index (χ4n) is 2.12. The lowest BCUT2D eigenvalue weighted by Crippen LogP contribution is -2.23. The second-order valence-corrected chi connectivity index (χ2v) is 5.61. The van der Waals surface area contributed by atoms with Crippen LogP contribution in [0.25, 0.3) is 0 Å². The quantitative estimate of drug-likeness (QED) is 0.814. The summed E-state index contributed by atoms with van der Waals surface area (Å²) in [6.45, 7) is 2.46. The van der Waals surface area contributed by atoms with Crippen molar-refractivity contribution in [3.63, 3.8) is 0 Å². The first kappa shape index (κ1) is 18.4. The molecule has 24 heavy (non-hydrogen) atoms. The van der Waals surface area contributed by atoms with Crippen molar-refractivity contribution >= 4 is 29.1 Å². The highest BCUT2D eigenvalue weighted by molar-refractivity contribution is 6.34. The maximum Gasteiger partial charge on any atom is 0.253 e. The highest BCUT2D eigenvalue weighted by Gasteiger charge is 2.15. The fraction of sp³-hybridized carbons (Fsp3) is 0.235. The molecular weight excluding hydrogens is 356 g/mol. The molecule has 0 aliphatic rings. The van der Waals surface area contributed by atoms with E-state index in [1.54, 1.807) is 12.1 Å². The molecule has 2 aromatic carbocycles. The van der Waals surface area contributed by atoms with Gasteiger partial charge in [0.25, 0.3) is 5.91 Å². The molecule has 128 valence electrons. The van der Waals surface area contributed by atoms with Crippen LogP contribution in [-0.4, -0.2) is 19.6 Å². The van der Waals surface area contributed by atoms with Gasteiger partial charge < -0.3 is 14.8 Å². The van der Waals surface area contributed by atoms with E-state index in [1.807, 2.05) is 6.92 Å². The van der Waals surface area contributed by atoms with Gasteiger partial charge in [0, 0.05) is 6.54 Å². The van der Waals surface area contributed by atoms with E-state index >= 15 is 0 Å². The maximum absolute atomic E-state index is 13.4. The molecule has 0 spiro atoms. The number of hydrogen-bond acceptors (Lipinski definition) is 3. The van der Waals surface area contributed by atoms with Crippen molar-refractivity contribution in [3.8, 4) is 11.5 Å². The van der Waals surface area contributed by atoms with Crippen molar-refractivity contribution in [2.45, 2.75) is 13.5 Å². The Kier molecular flexibility index (Phi) is 6.29. The zero-order chi connectivity index (χ0) is 17.7. The summed E-state index contributed by atoms with van der Waals surface area (Å²) in [6, 6.07) is 7.45. The van der Waals surface area contributed by atoms with Crippen molar-refractivity contribution in [2.24, 2.45) is 0 Å². The SMILES string of the molecule is CCOc1c(Cl)cc(CNC(=O)c2cccc(F)c2Cl)cc1OC. The number of amides is 1. The molecule has 0 saturated heterocycles. The number of ether oxygens (including phenoxy) is 2. The first-order valence-electron chi connectivity index (χ1n) is 7.19. The Morgan fingerprint density at radius 3 is 2.71 bits per heavy atom. The molecule has 2 aromatic rings. The van der Waals surface area contributed by atoms with Gasteiger partial charge in [-0.2, -0.15) is 0 Å². The number of rotatable bonds is 6. The summed E-state index contributed by atoms with van der Waals surface area (Å²) in [6.07, 6.45) is 0. The monoisotopic (exact) mass is 371 g/mol. The average Bonchev–Trinajstić information content (AvgIpc) is 2.57. The predicted octanol–water partition coefficient (Wildman–Crippen LogP) is 4.47. The number of methoxy groups -OCH3 is 1. The summed E-state index contributed by atoms with van der Waals surface area (Å²) in [5.74, 6) is -0.208. The van der Waals surface area contributed by atoms with E-state index in [0.29, 0.717) is 28.7 Å². The number of carbonyl (C=O) groups is 1. The van der Waals surface area contributed by atoms with E-state index in [2.05, 4.69) is 5.32 Å². The largest absolute Gasteiger partial charge is 0.493 e. The Bertz CT molecular complexity index is 753. The summed E-state index contributed by atoms with van der Waals surface area (Å²) >= 11 is 12.0. The summed E-state index contributed by atoms with van der Waals surface area (Å²) in [4.78, 5) is 12.1. The molecular formula is C17H16Cl2FNO3. The van der Waals surface area contributed by atoms with Gasteiger partial charge in [0.1, 0.15) is 5.82 Å². The lowest BCUT2D eigenvalue weighted by atomic mass is 10.1. The molecule has 4 nitrogen and oxygen atoms in total. The van der Waals surface area contributed by atoms with E-state index in [1.165, 1.54) is 25.3 Å². The fourth-order valence-corrected chi connectivity index (χ4v) is 2.62. The summed E-state index contributed by atoms with van der Waals surface area (Å²) in [5, 5.41) is 2.84. The molecule has 0 heterocycles. The standard InChI is InChI=1S/C17H16Cl2FNO3/c1-3-24-16-12(18)7-10(8-14(16)23-2)9-21-17(22)11-5-4-6-13(20)15(11)19/h4-8H,3,9H2,1-2H3,(H,21,22). The van der Waals surface area contributed by atoms with Gasteiger partial charge in [-0.15, -0.1) is 0 Å². The molecule has 0 aliphatic carbocycles. The van der Waals surface area contributed by atoms with Gasteiger partial charge in [-0.25, -0.2) is 4.39 Å². The van der Waals surface area contributed by atoms with E-state index in [0.717, 1.165) is 0 Å². The number of hydrogen-bond donors (Lipinski definition) is 1. The molecule has 0 atom stereocenters. The highest BCUT2D eigenvalue weighted by atomic mass is 35.5. The van der Waals surface area contributed by atoms with Crippen LogP contribution in [-0.2, 0) is 6.54 Å². The van der Waals surface area contributed by atoms with Crippen molar-refractivity contribution in [1.82, 2.24) is 5.32 Å². The van der Waals surface area contributed by atoms with Gasteiger partial charge in [-0.1, -0.05) is 29.3 Å². The smallest absolute Gasteiger partial charge is 0.253 e. The second-order valence-electron chi connectivity index (χ2n) is 4.83. The molecule has 2 rings (SSSR count). The maximum atomic E-state index is 13.4. The van der Waals surface area contributed by atoms with Crippen LogP contribution in [0, 0.1) is 5.82 Å². The van der Waals surface area contributed by atoms with Gasteiger partial charge >= 0.3 is 0 Å². The number of carbonyl (C=O) groups excluding carboxylic acids is 1. The molecule has 0 radical (unpaired) electrons. The zero-order valence-corrected chi connectivity index (χ0v) is 14.7. The van der Waals surface area contributed by atoms with Crippen LogP contribution >= 0.6 is 23.2 Å². The van der Waals surface area contributed by atoms with E-state index in [9.17, 15) is 9.18 Å². The van der Waals surface area contributed by atoms with Crippen LogP contribution < -0.4 is 14.8 Å². The Labute approximate surface area is 149 Å². The van der Waals surface area contributed by atoms with Gasteiger partial charge in [0.2, 0.25) is 0 Å². The zero-order valence-electron chi connectivity index (χ0n) is 13.2. The van der Waals surface area contributed by atoms with Crippen LogP contribution in [0.4, 0.5) is 4.39 Å². The van der Waals surface area contributed by atoms with Crippen LogP contribution in [0.3, 0.4) is 0 Å². The minimum absolute atomic E-state index is 0.0701.